The maximum atomic E-state index is 3.35. The lowest BCUT2D eigenvalue weighted by Crippen LogP contribution is -2.31. The summed E-state index contributed by atoms with van der Waals surface area (Å²) in [4.78, 5) is 5.89. The predicted molar refractivity (Wildman–Crippen MR) is 70.9 cm³/mol. The molecule has 3 rings (SSSR count). The number of benzene rings is 1. The Bertz CT molecular complexity index is 471. The number of nitrogens with zero attached hydrogens (tertiary/aromatic N) is 1. The summed E-state index contributed by atoms with van der Waals surface area (Å²) in [6, 6.07) is 8.55. The Morgan fingerprint density at radius 3 is 2.88 bits per heavy atom. The lowest BCUT2D eigenvalue weighted by molar-refractivity contribution is 0.295. The molecule has 16 heavy (non-hydrogen) atoms. The Morgan fingerprint density at radius 1 is 1.19 bits per heavy atom. The van der Waals surface area contributed by atoms with Gasteiger partial charge in [0.05, 0.1) is 0 Å². The number of rotatable bonds is 2. The van der Waals surface area contributed by atoms with Gasteiger partial charge in [0.25, 0.3) is 0 Å². The molecule has 0 bridgehead atoms. The highest BCUT2D eigenvalue weighted by atomic mass is 32.2. The molecular weight excluding hydrogens is 216 g/mol. The SMILES string of the molecule is c1ccc2c(CN3CCSCC3)c[nH]c2c1. The molecule has 1 N–H and O–H groups in total. The van der Waals surface area contributed by atoms with E-state index in [0.717, 1.165) is 6.54 Å². The highest BCUT2D eigenvalue weighted by Gasteiger charge is 2.12. The molecule has 1 aliphatic heterocycles. The standard InChI is InChI=1S/C13H16N2S/c1-2-4-13-12(3-1)11(9-14-13)10-15-5-7-16-8-6-15/h1-4,9,14H,5-8,10H2. The average Bonchev–Trinajstić information content (AvgIpc) is 2.74. The van der Waals surface area contributed by atoms with Crippen LogP contribution in [0.4, 0.5) is 0 Å². The van der Waals surface area contributed by atoms with Crippen LogP contribution in [0.3, 0.4) is 0 Å². The van der Waals surface area contributed by atoms with Gasteiger partial charge in [-0.05, 0) is 11.6 Å². The molecule has 2 nitrogen and oxygen atoms in total. The van der Waals surface area contributed by atoms with Crippen molar-refractivity contribution < 1.29 is 0 Å². The third-order valence-electron chi connectivity index (χ3n) is 3.17. The van der Waals surface area contributed by atoms with Crippen molar-refractivity contribution in [3.8, 4) is 0 Å². The van der Waals surface area contributed by atoms with Gasteiger partial charge in [0.2, 0.25) is 0 Å². The van der Waals surface area contributed by atoms with E-state index >= 15 is 0 Å². The van der Waals surface area contributed by atoms with Crippen molar-refractivity contribution in [3.05, 3.63) is 36.0 Å². The highest BCUT2D eigenvalue weighted by Crippen LogP contribution is 2.20. The fraction of sp³-hybridized carbons (Fsp3) is 0.385. The number of hydrogen-bond donors (Lipinski definition) is 1. The minimum Gasteiger partial charge on any atom is -0.361 e. The van der Waals surface area contributed by atoms with Crippen LogP contribution < -0.4 is 0 Å². The van der Waals surface area contributed by atoms with Crippen LogP contribution in [0, 0.1) is 0 Å². The van der Waals surface area contributed by atoms with Crippen LogP contribution in [0.15, 0.2) is 30.5 Å². The molecule has 1 aromatic carbocycles. The fourth-order valence-electron chi connectivity index (χ4n) is 2.26. The van der Waals surface area contributed by atoms with Gasteiger partial charge in [-0.3, -0.25) is 4.90 Å². The first-order valence-corrected chi connectivity index (χ1v) is 6.94. The van der Waals surface area contributed by atoms with Gasteiger partial charge in [0, 0.05) is 48.2 Å². The number of H-pyrrole nitrogens is 1. The molecule has 0 saturated carbocycles. The van der Waals surface area contributed by atoms with Crippen molar-refractivity contribution in [1.29, 1.82) is 0 Å². The van der Waals surface area contributed by atoms with Crippen LogP contribution >= 0.6 is 11.8 Å². The summed E-state index contributed by atoms with van der Waals surface area (Å²) in [5, 5.41) is 1.38. The minimum atomic E-state index is 1.09. The Morgan fingerprint density at radius 2 is 2.00 bits per heavy atom. The van der Waals surface area contributed by atoms with Crippen molar-refractivity contribution in [2.45, 2.75) is 6.54 Å². The largest absolute Gasteiger partial charge is 0.361 e. The molecule has 1 aliphatic rings. The summed E-state index contributed by atoms with van der Waals surface area (Å²) in [6.45, 7) is 3.54. The summed E-state index contributed by atoms with van der Waals surface area (Å²) in [5.41, 5.74) is 2.69. The Balaban J connectivity index is 1.83. The maximum Gasteiger partial charge on any atom is 0.0457 e. The lowest BCUT2D eigenvalue weighted by Gasteiger charge is -2.25. The number of para-hydroxylation sites is 1. The van der Waals surface area contributed by atoms with Crippen molar-refractivity contribution >= 4 is 22.7 Å². The Labute approximate surface area is 100 Å². The second-order valence-electron chi connectivity index (χ2n) is 4.25. The molecule has 1 aromatic heterocycles. The zero-order valence-corrected chi connectivity index (χ0v) is 10.1. The molecule has 0 spiro atoms. The van der Waals surface area contributed by atoms with E-state index in [1.807, 2.05) is 0 Å². The first-order valence-electron chi connectivity index (χ1n) is 5.78. The molecule has 0 aliphatic carbocycles. The third-order valence-corrected chi connectivity index (χ3v) is 4.12. The highest BCUT2D eigenvalue weighted by molar-refractivity contribution is 7.99. The molecule has 0 atom stereocenters. The van der Waals surface area contributed by atoms with Gasteiger partial charge < -0.3 is 4.98 Å². The van der Waals surface area contributed by atoms with Gasteiger partial charge >= 0.3 is 0 Å². The zero-order chi connectivity index (χ0) is 10.8. The normalized spacial score (nSPS) is 18.0. The first-order chi connectivity index (χ1) is 7.93. The van der Waals surface area contributed by atoms with Gasteiger partial charge in [-0.15, -0.1) is 0 Å². The van der Waals surface area contributed by atoms with E-state index in [1.54, 1.807) is 0 Å². The zero-order valence-electron chi connectivity index (χ0n) is 9.28. The average molecular weight is 232 g/mol. The second-order valence-corrected chi connectivity index (χ2v) is 5.47. The molecule has 0 amide bonds. The smallest absolute Gasteiger partial charge is 0.0457 e. The number of aromatic nitrogens is 1. The summed E-state index contributed by atoms with van der Waals surface area (Å²) >= 11 is 2.07. The van der Waals surface area contributed by atoms with Crippen molar-refractivity contribution in [1.82, 2.24) is 9.88 Å². The van der Waals surface area contributed by atoms with Crippen molar-refractivity contribution in [2.24, 2.45) is 0 Å². The number of thioether (sulfide) groups is 1. The van der Waals surface area contributed by atoms with E-state index in [4.69, 9.17) is 0 Å². The summed E-state index contributed by atoms with van der Waals surface area (Å²) in [6.07, 6.45) is 2.16. The van der Waals surface area contributed by atoms with Crippen LogP contribution in [0.5, 0.6) is 0 Å². The summed E-state index contributed by atoms with van der Waals surface area (Å²) in [7, 11) is 0. The fourth-order valence-corrected chi connectivity index (χ4v) is 3.24. The molecular formula is C13H16N2S. The van der Waals surface area contributed by atoms with Gasteiger partial charge in [0.1, 0.15) is 0 Å². The predicted octanol–water partition coefficient (Wildman–Crippen LogP) is 2.72. The van der Waals surface area contributed by atoms with Crippen LogP contribution in [-0.2, 0) is 6.54 Å². The number of hydrogen-bond acceptors (Lipinski definition) is 2. The minimum absolute atomic E-state index is 1.09. The van der Waals surface area contributed by atoms with Crippen LogP contribution in [0.25, 0.3) is 10.9 Å². The van der Waals surface area contributed by atoms with Gasteiger partial charge in [0.15, 0.2) is 0 Å². The van der Waals surface area contributed by atoms with Crippen LogP contribution in [-0.4, -0.2) is 34.5 Å². The third kappa shape index (κ3) is 1.97. The molecule has 1 fully saturated rings. The summed E-state index contributed by atoms with van der Waals surface area (Å²) < 4.78 is 0. The van der Waals surface area contributed by atoms with Crippen LogP contribution in [0.1, 0.15) is 5.56 Å². The van der Waals surface area contributed by atoms with E-state index in [-0.39, 0.29) is 0 Å². The van der Waals surface area contributed by atoms with Gasteiger partial charge in [-0.2, -0.15) is 11.8 Å². The molecule has 2 aromatic rings. The summed E-state index contributed by atoms with van der Waals surface area (Å²) in [5.74, 6) is 2.56. The topological polar surface area (TPSA) is 19.0 Å². The molecule has 2 heterocycles. The molecule has 0 radical (unpaired) electrons. The monoisotopic (exact) mass is 232 g/mol. The number of aromatic amines is 1. The van der Waals surface area contributed by atoms with Crippen molar-refractivity contribution in [2.75, 3.05) is 24.6 Å². The van der Waals surface area contributed by atoms with E-state index in [9.17, 15) is 0 Å². The van der Waals surface area contributed by atoms with Gasteiger partial charge in [-0.25, -0.2) is 0 Å². The van der Waals surface area contributed by atoms with E-state index < -0.39 is 0 Å². The first kappa shape index (κ1) is 10.2. The maximum absolute atomic E-state index is 3.35. The molecule has 0 unspecified atom stereocenters. The quantitative estimate of drug-likeness (QED) is 0.858. The van der Waals surface area contributed by atoms with E-state index in [1.165, 1.54) is 41.1 Å². The van der Waals surface area contributed by atoms with Crippen molar-refractivity contribution in [3.63, 3.8) is 0 Å². The van der Waals surface area contributed by atoms with Crippen LogP contribution in [0.2, 0.25) is 0 Å². The molecule has 84 valence electrons. The second kappa shape index (κ2) is 4.52. The van der Waals surface area contributed by atoms with Gasteiger partial charge in [-0.1, -0.05) is 18.2 Å². The van der Waals surface area contributed by atoms with E-state index in [2.05, 4.69) is 52.1 Å². The molecule has 1 saturated heterocycles. The van der Waals surface area contributed by atoms with E-state index in [0.29, 0.717) is 0 Å². The molecule has 3 heteroatoms. The Hall–Kier alpha value is -0.930. The Kier molecular flexibility index (Phi) is 2.89. The number of nitrogens with one attached hydrogen (secondary N) is 1. The number of fused-ring (bicyclic) bond motifs is 1. The lowest BCUT2D eigenvalue weighted by atomic mass is 10.1.